The van der Waals surface area contributed by atoms with Crippen molar-refractivity contribution in [3.8, 4) is 11.8 Å². The summed E-state index contributed by atoms with van der Waals surface area (Å²) in [5, 5.41) is 15.6. The van der Waals surface area contributed by atoms with Crippen molar-refractivity contribution in [1.29, 1.82) is 0 Å². The average molecular weight is 437 g/mol. The molecular formula is C24H24N2O4S. The van der Waals surface area contributed by atoms with Gasteiger partial charge in [-0.05, 0) is 50.2 Å². The van der Waals surface area contributed by atoms with Crippen molar-refractivity contribution in [2.75, 3.05) is 31.1 Å². The standard InChI is InChI=1S/C20H20N2S.C4H4O4/c1-3-11-19-17(9-1)22(18-10-2-4-12-20(18)23-19)16-8-7-15-21-13-5-6-14-21;5-3(6)1-2-4(7)8/h1-4,9-12H,5-6,13-16H2;1-2H,(H,5,6)(H,7,8)/b;2-1+. The highest BCUT2D eigenvalue weighted by Gasteiger charge is 2.21. The molecule has 4 rings (SSSR count). The first kappa shape index (κ1) is 22.5. The number of likely N-dealkylation sites (tertiary alicyclic amines) is 1. The van der Waals surface area contributed by atoms with Crippen molar-refractivity contribution in [2.24, 2.45) is 0 Å². The van der Waals surface area contributed by atoms with Gasteiger partial charge < -0.3 is 15.1 Å². The summed E-state index contributed by atoms with van der Waals surface area (Å²) in [5.74, 6) is 4.24. The lowest BCUT2D eigenvalue weighted by Gasteiger charge is -2.31. The molecule has 0 bridgehead atoms. The second-order valence-electron chi connectivity index (χ2n) is 6.97. The largest absolute Gasteiger partial charge is 0.478 e. The molecule has 2 aromatic rings. The van der Waals surface area contributed by atoms with Crippen LogP contribution in [0.2, 0.25) is 0 Å². The van der Waals surface area contributed by atoms with Crippen LogP contribution in [0.1, 0.15) is 12.8 Å². The predicted molar refractivity (Wildman–Crippen MR) is 122 cm³/mol. The number of benzene rings is 2. The number of carboxylic acids is 2. The van der Waals surface area contributed by atoms with Crippen LogP contribution in [-0.4, -0.2) is 53.2 Å². The van der Waals surface area contributed by atoms with Crippen LogP contribution >= 0.6 is 11.8 Å². The SMILES string of the molecule is C(#CCN1c2ccccc2Sc2ccccc21)CN1CCCC1.O=C(O)/C=C/C(=O)O. The van der Waals surface area contributed by atoms with Crippen LogP contribution in [0.25, 0.3) is 0 Å². The second-order valence-corrected chi connectivity index (χ2v) is 8.05. The quantitative estimate of drug-likeness (QED) is 0.552. The zero-order valence-corrected chi connectivity index (χ0v) is 17.8. The van der Waals surface area contributed by atoms with Gasteiger partial charge >= 0.3 is 11.9 Å². The molecule has 1 fully saturated rings. The van der Waals surface area contributed by atoms with E-state index < -0.39 is 11.9 Å². The Morgan fingerprint density at radius 2 is 1.32 bits per heavy atom. The molecule has 0 spiro atoms. The highest BCUT2D eigenvalue weighted by Crippen LogP contribution is 2.47. The van der Waals surface area contributed by atoms with E-state index in [0.717, 1.165) is 13.1 Å². The van der Waals surface area contributed by atoms with Crippen molar-refractivity contribution < 1.29 is 19.8 Å². The van der Waals surface area contributed by atoms with Crippen LogP contribution in [0, 0.1) is 11.8 Å². The molecule has 0 atom stereocenters. The minimum Gasteiger partial charge on any atom is -0.478 e. The maximum absolute atomic E-state index is 9.55. The van der Waals surface area contributed by atoms with Crippen molar-refractivity contribution in [3.05, 3.63) is 60.7 Å². The van der Waals surface area contributed by atoms with Gasteiger partial charge in [-0.3, -0.25) is 4.90 Å². The van der Waals surface area contributed by atoms with Gasteiger partial charge in [-0.15, -0.1) is 0 Å². The summed E-state index contributed by atoms with van der Waals surface area (Å²) in [4.78, 5) is 26.5. The van der Waals surface area contributed by atoms with E-state index in [1.54, 1.807) is 0 Å². The summed E-state index contributed by atoms with van der Waals surface area (Å²) in [6.07, 6.45) is 3.77. The summed E-state index contributed by atoms with van der Waals surface area (Å²) in [6.45, 7) is 4.08. The Morgan fingerprint density at radius 1 is 0.839 bits per heavy atom. The molecular weight excluding hydrogens is 412 g/mol. The number of anilines is 2. The number of hydrogen-bond donors (Lipinski definition) is 2. The number of para-hydroxylation sites is 2. The van der Waals surface area contributed by atoms with E-state index >= 15 is 0 Å². The first-order chi connectivity index (χ1) is 15.0. The zero-order valence-electron chi connectivity index (χ0n) is 17.0. The van der Waals surface area contributed by atoms with Gasteiger partial charge in [-0.1, -0.05) is 47.9 Å². The number of carbonyl (C=O) groups is 2. The topological polar surface area (TPSA) is 81.1 Å². The van der Waals surface area contributed by atoms with E-state index in [1.165, 1.54) is 47.1 Å². The molecule has 31 heavy (non-hydrogen) atoms. The minimum absolute atomic E-state index is 0.558. The van der Waals surface area contributed by atoms with Crippen molar-refractivity contribution in [3.63, 3.8) is 0 Å². The molecule has 2 aliphatic heterocycles. The lowest BCUT2D eigenvalue weighted by molar-refractivity contribution is -0.134. The van der Waals surface area contributed by atoms with Crippen LogP contribution < -0.4 is 4.90 Å². The van der Waals surface area contributed by atoms with E-state index in [4.69, 9.17) is 10.2 Å². The number of nitrogens with zero attached hydrogens (tertiary/aromatic N) is 2. The van der Waals surface area contributed by atoms with Crippen LogP contribution in [0.3, 0.4) is 0 Å². The zero-order chi connectivity index (χ0) is 22.1. The molecule has 2 heterocycles. The number of carboxylic acid groups (broad SMARTS) is 2. The van der Waals surface area contributed by atoms with E-state index in [2.05, 4.69) is 70.2 Å². The Morgan fingerprint density at radius 3 is 1.84 bits per heavy atom. The third-order valence-corrected chi connectivity index (χ3v) is 5.89. The predicted octanol–water partition coefficient (Wildman–Crippen LogP) is 4.10. The van der Waals surface area contributed by atoms with Gasteiger partial charge in [0.2, 0.25) is 0 Å². The Balaban J connectivity index is 0.000000293. The van der Waals surface area contributed by atoms with Crippen LogP contribution in [0.15, 0.2) is 70.5 Å². The van der Waals surface area contributed by atoms with Crippen molar-refractivity contribution in [2.45, 2.75) is 22.6 Å². The monoisotopic (exact) mass is 436 g/mol. The maximum Gasteiger partial charge on any atom is 0.328 e. The summed E-state index contributed by atoms with van der Waals surface area (Å²) in [5.41, 5.74) is 2.54. The van der Waals surface area contributed by atoms with E-state index in [-0.39, 0.29) is 0 Å². The molecule has 0 saturated carbocycles. The summed E-state index contributed by atoms with van der Waals surface area (Å²) < 4.78 is 0. The first-order valence-corrected chi connectivity index (χ1v) is 10.8. The van der Waals surface area contributed by atoms with E-state index in [9.17, 15) is 9.59 Å². The Bertz CT molecular complexity index is 958. The molecule has 2 aliphatic rings. The Kier molecular flexibility index (Phi) is 8.16. The third kappa shape index (κ3) is 6.64. The molecule has 2 aromatic carbocycles. The van der Waals surface area contributed by atoms with Gasteiger partial charge in [-0.25, -0.2) is 9.59 Å². The highest BCUT2D eigenvalue weighted by atomic mass is 32.2. The molecule has 160 valence electrons. The lowest BCUT2D eigenvalue weighted by atomic mass is 10.2. The fourth-order valence-electron chi connectivity index (χ4n) is 3.34. The van der Waals surface area contributed by atoms with Gasteiger partial charge in [0.1, 0.15) is 0 Å². The van der Waals surface area contributed by atoms with E-state index in [1.807, 2.05) is 11.8 Å². The average Bonchev–Trinajstić information content (AvgIpc) is 3.28. The van der Waals surface area contributed by atoms with Gasteiger partial charge in [0.15, 0.2) is 0 Å². The molecule has 0 aliphatic carbocycles. The molecule has 0 radical (unpaired) electrons. The van der Waals surface area contributed by atoms with Gasteiger partial charge in [0.05, 0.1) is 24.5 Å². The number of hydrogen-bond acceptors (Lipinski definition) is 5. The highest BCUT2D eigenvalue weighted by molar-refractivity contribution is 7.99. The third-order valence-electron chi connectivity index (χ3n) is 4.76. The normalized spacial score (nSPS) is 14.6. The minimum atomic E-state index is -1.26. The van der Waals surface area contributed by atoms with Crippen molar-refractivity contribution in [1.82, 2.24) is 4.90 Å². The van der Waals surface area contributed by atoms with Gasteiger partial charge in [0, 0.05) is 21.9 Å². The molecule has 2 N–H and O–H groups in total. The van der Waals surface area contributed by atoms with Gasteiger partial charge in [0.25, 0.3) is 0 Å². The van der Waals surface area contributed by atoms with Crippen LogP contribution in [-0.2, 0) is 9.59 Å². The van der Waals surface area contributed by atoms with E-state index in [0.29, 0.717) is 12.2 Å². The molecule has 1 saturated heterocycles. The van der Waals surface area contributed by atoms with Crippen molar-refractivity contribution >= 4 is 35.1 Å². The molecule has 0 unspecified atom stereocenters. The summed E-state index contributed by atoms with van der Waals surface area (Å²) in [6, 6.07) is 17.2. The smallest absolute Gasteiger partial charge is 0.328 e. The first-order valence-electron chi connectivity index (χ1n) is 10.00. The molecule has 0 amide bonds. The summed E-state index contributed by atoms with van der Waals surface area (Å²) >= 11 is 1.85. The summed E-state index contributed by atoms with van der Waals surface area (Å²) in [7, 11) is 0. The Labute approximate surface area is 186 Å². The molecule has 0 aromatic heterocycles. The molecule has 7 heteroatoms. The van der Waals surface area contributed by atoms with Gasteiger partial charge in [-0.2, -0.15) is 0 Å². The second kappa shape index (κ2) is 11.3. The Hall–Kier alpha value is -3.21. The maximum atomic E-state index is 9.55. The lowest BCUT2D eigenvalue weighted by Crippen LogP contribution is -2.22. The molecule has 6 nitrogen and oxygen atoms in total. The number of fused-ring (bicyclic) bond motifs is 2. The van der Waals surface area contributed by atoms with Crippen LogP contribution in [0.4, 0.5) is 11.4 Å². The number of rotatable bonds is 4. The fourth-order valence-corrected chi connectivity index (χ4v) is 4.43. The number of aliphatic carboxylic acids is 2. The fraction of sp³-hybridized carbons (Fsp3) is 0.250. The van der Waals surface area contributed by atoms with Crippen LogP contribution in [0.5, 0.6) is 0 Å².